The van der Waals surface area contributed by atoms with E-state index < -0.39 is 0 Å². The van der Waals surface area contributed by atoms with Crippen molar-refractivity contribution in [2.24, 2.45) is 0 Å². The largest absolute Gasteiger partial charge is 0.506 e. The van der Waals surface area contributed by atoms with Crippen molar-refractivity contribution in [3.63, 3.8) is 0 Å². The fourth-order valence-electron chi connectivity index (χ4n) is 0.838. The van der Waals surface area contributed by atoms with Crippen LogP contribution in [0.15, 0.2) is 24.3 Å². The molecule has 64 valence electrons. The second kappa shape index (κ2) is 4.39. The molecule has 0 fully saturated rings. The molecule has 0 radical (unpaired) electrons. The van der Waals surface area contributed by atoms with Gasteiger partial charge in [-0.2, -0.15) is 0 Å². The summed E-state index contributed by atoms with van der Waals surface area (Å²) in [5, 5.41) is 9.75. The summed E-state index contributed by atoms with van der Waals surface area (Å²) in [5.41, 5.74) is 0.683. The fourth-order valence-corrected chi connectivity index (χ4v) is 1.11. The lowest BCUT2D eigenvalue weighted by Crippen LogP contribution is -1.75. The van der Waals surface area contributed by atoms with Gasteiger partial charge in [0.15, 0.2) is 0 Å². The van der Waals surface area contributed by atoms with Crippen molar-refractivity contribution in [2.45, 2.75) is 0 Å². The van der Waals surface area contributed by atoms with Crippen LogP contribution in [0.1, 0.15) is 5.56 Å². The Labute approximate surface area is 81.2 Å². The van der Waals surface area contributed by atoms with Gasteiger partial charge < -0.3 is 5.11 Å². The van der Waals surface area contributed by atoms with Crippen molar-refractivity contribution in [3.8, 4) is 5.75 Å². The van der Waals surface area contributed by atoms with E-state index in [1.165, 1.54) is 0 Å². The van der Waals surface area contributed by atoms with E-state index in [9.17, 15) is 5.11 Å². The molecule has 0 saturated heterocycles. The molecule has 0 aliphatic carbocycles. The van der Waals surface area contributed by atoms with E-state index in [-0.39, 0.29) is 5.75 Å². The first-order chi connectivity index (χ1) is 5.75. The molecule has 0 atom stereocenters. The van der Waals surface area contributed by atoms with Gasteiger partial charge in [0.1, 0.15) is 5.75 Å². The van der Waals surface area contributed by atoms with E-state index in [4.69, 9.17) is 23.2 Å². The van der Waals surface area contributed by atoms with Gasteiger partial charge >= 0.3 is 0 Å². The minimum atomic E-state index is 0.0977. The first kappa shape index (κ1) is 9.43. The number of allylic oxidation sites excluding steroid dienone is 1. The Hall–Kier alpha value is -0.660. The molecule has 1 aromatic carbocycles. The quantitative estimate of drug-likeness (QED) is 0.731. The highest BCUT2D eigenvalue weighted by molar-refractivity contribution is 6.32. The van der Waals surface area contributed by atoms with E-state index >= 15 is 0 Å². The summed E-state index contributed by atoms with van der Waals surface area (Å²) in [5.74, 6) is 0.520. The lowest BCUT2D eigenvalue weighted by atomic mass is 10.2. The van der Waals surface area contributed by atoms with E-state index in [1.54, 1.807) is 30.4 Å². The van der Waals surface area contributed by atoms with Crippen molar-refractivity contribution in [1.82, 2.24) is 0 Å². The molecule has 0 saturated carbocycles. The predicted molar refractivity (Wildman–Crippen MR) is 52.9 cm³/mol. The van der Waals surface area contributed by atoms with E-state index in [1.807, 2.05) is 0 Å². The maximum atomic E-state index is 9.40. The van der Waals surface area contributed by atoms with Crippen LogP contribution < -0.4 is 0 Å². The molecule has 0 bridgehead atoms. The summed E-state index contributed by atoms with van der Waals surface area (Å²) < 4.78 is 0. The Morgan fingerprint density at radius 3 is 2.83 bits per heavy atom. The molecule has 0 aromatic heterocycles. The normalized spacial score (nSPS) is 10.8. The van der Waals surface area contributed by atoms with Crippen LogP contribution in [-0.2, 0) is 0 Å². The average Bonchev–Trinajstić information content (AvgIpc) is 2.08. The van der Waals surface area contributed by atoms with E-state index in [0.29, 0.717) is 16.5 Å². The van der Waals surface area contributed by atoms with Crippen LogP contribution in [0, 0.1) is 0 Å². The Balaban J connectivity index is 3.00. The smallest absolute Gasteiger partial charge is 0.141 e. The molecule has 0 amide bonds. The van der Waals surface area contributed by atoms with E-state index in [2.05, 4.69) is 0 Å². The van der Waals surface area contributed by atoms with Crippen LogP contribution in [-0.4, -0.2) is 11.0 Å². The topological polar surface area (TPSA) is 20.2 Å². The second-order valence-electron chi connectivity index (χ2n) is 2.23. The highest BCUT2D eigenvalue weighted by Gasteiger charge is 2.00. The third-order valence-corrected chi connectivity index (χ3v) is 1.89. The number of hydrogen-bond donors (Lipinski definition) is 1. The summed E-state index contributed by atoms with van der Waals surface area (Å²) in [6, 6.07) is 5.18. The molecular weight excluding hydrogens is 195 g/mol. The second-order valence-corrected chi connectivity index (χ2v) is 2.95. The van der Waals surface area contributed by atoms with Gasteiger partial charge in [-0.05, 0) is 6.07 Å². The first-order valence-corrected chi connectivity index (χ1v) is 4.37. The molecule has 0 unspecified atom stereocenters. The Morgan fingerprint density at radius 1 is 1.42 bits per heavy atom. The molecule has 1 N–H and O–H groups in total. The number of hydrogen-bond acceptors (Lipinski definition) is 1. The van der Waals surface area contributed by atoms with E-state index in [0.717, 1.165) is 0 Å². The minimum absolute atomic E-state index is 0.0977. The van der Waals surface area contributed by atoms with Crippen molar-refractivity contribution in [2.75, 3.05) is 5.88 Å². The third kappa shape index (κ3) is 2.16. The van der Waals surface area contributed by atoms with Crippen LogP contribution >= 0.6 is 23.2 Å². The number of rotatable bonds is 2. The van der Waals surface area contributed by atoms with Crippen molar-refractivity contribution in [3.05, 3.63) is 34.9 Å². The Kier molecular flexibility index (Phi) is 3.45. The zero-order valence-electron chi connectivity index (χ0n) is 6.30. The summed E-state index contributed by atoms with van der Waals surface area (Å²) >= 11 is 11.1. The van der Waals surface area contributed by atoms with Crippen LogP contribution in [0.4, 0.5) is 0 Å². The predicted octanol–water partition coefficient (Wildman–Crippen LogP) is 3.30. The lowest BCUT2D eigenvalue weighted by Gasteiger charge is -1.99. The number of phenolic OH excluding ortho intramolecular Hbond substituents is 1. The molecule has 1 nitrogen and oxygen atoms in total. The molecule has 1 rings (SSSR count). The molecule has 12 heavy (non-hydrogen) atoms. The number of halogens is 2. The van der Waals surface area contributed by atoms with Gasteiger partial charge in [0, 0.05) is 11.4 Å². The summed E-state index contributed by atoms with van der Waals surface area (Å²) in [6.07, 6.45) is 3.47. The van der Waals surface area contributed by atoms with Gasteiger partial charge in [0.2, 0.25) is 0 Å². The first-order valence-electron chi connectivity index (χ1n) is 3.45. The zero-order valence-corrected chi connectivity index (χ0v) is 7.81. The molecule has 1 aromatic rings. The van der Waals surface area contributed by atoms with Gasteiger partial charge in [-0.3, -0.25) is 0 Å². The van der Waals surface area contributed by atoms with Gasteiger partial charge in [-0.25, -0.2) is 0 Å². The monoisotopic (exact) mass is 202 g/mol. The van der Waals surface area contributed by atoms with Gasteiger partial charge in [0.05, 0.1) is 5.02 Å². The third-order valence-electron chi connectivity index (χ3n) is 1.40. The minimum Gasteiger partial charge on any atom is -0.506 e. The van der Waals surface area contributed by atoms with Gasteiger partial charge in [-0.15, -0.1) is 11.6 Å². The Bertz CT molecular complexity index is 295. The number of benzene rings is 1. The lowest BCUT2D eigenvalue weighted by molar-refractivity contribution is 0.474. The maximum absolute atomic E-state index is 9.40. The summed E-state index contributed by atoms with van der Waals surface area (Å²) in [4.78, 5) is 0. The molecule has 0 heterocycles. The van der Waals surface area contributed by atoms with Crippen molar-refractivity contribution >= 4 is 29.3 Å². The van der Waals surface area contributed by atoms with Gasteiger partial charge in [0.25, 0.3) is 0 Å². The molecule has 0 aliphatic rings. The standard InChI is InChI=1S/C9H8Cl2O/c10-6-2-4-7-3-1-5-8(11)9(7)12/h1-5,12H,6H2. The molecule has 0 spiro atoms. The zero-order chi connectivity index (χ0) is 8.97. The fraction of sp³-hybridized carbons (Fsp3) is 0.111. The number of para-hydroxylation sites is 1. The van der Waals surface area contributed by atoms with Crippen LogP contribution in [0.2, 0.25) is 5.02 Å². The molecular formula is C9H8Cl2O. The maximum Gasteiger partial charge on any atom is 0.141 e. The van der Waals surface area contributed by atoms with Crippen molar-refractivity contribution < 1.29 is 5.11 Å². The Morgan fingerprint density at radius 2 is 2.17 bits per heavy atom. The average molecular weight is 203 g/mol. The summed E-state index contributed by atoms with van der Waals surface area (Å²) in [7, 11) is 0. The molecule has 0 aliphatic heterocycles. The van der Waals surface area contributed by atoms with Crippen LogP contribution in [0.25, 0.3) is 6.08 Å². The SMILES string of the molecule is Oc1c(Cl)cccc1C=CCCl. The highest BCUT2D eigenvalue weighted by Crippen LogP contribution is 2.27. The van der Waals surface area contributed by atoms with Crippen LogP contribution in [0.3, 0.4) is 0 Å². The van der Waals surface area contributed by atoms with Crippen molar-refractivity contribution in [1.29, 1.82) is 0 Å². The number of alkyl halides is 1. The highest BCUT2D eigenvalue weighted by atomic mass is 35.5. The number of aromatic hydroxyl groups is 1. The van der Waals surface area contributed by atoms with Gasteiger partial charge in [-0.1, -0.05) is 35.9 Å². The van der Waals surface area contributed by atoms with Crippen LogP contribution in [0.5, 0.6) is 5.75 Å². The number of phenols is 1. The summed E-state index contributed by atoms with van der Waals surface area (Å²) in [6.45, 7) is 0. The molecule has 3 heteroatoms.